The van der Waals surface area contributed by atoms with E-state index in [-0.39, 0.29) is 10.7 Å². The Bertz CT molecular complexity index is 1050. The maximum atomic E-state index is 12.2. The number of sulfonamides is 1. The third-order valence-electron chi connectivity index (χ3n) is 4.09. The Morgan fingerprint density at radius 2 is 2.04 bits per heavy atom. The number of rotatable bonds is 7. The minimum atomic E-state index is -3.72. The molecule has 0 saturated heterocycles. The van der Waals surface area contributed by atoms with E-state index in [4.69, 9.17) is 4.42 Å². The number of hydrogen-bond acceptors (Lipinski definition) is 5. The first kappa shape index (κ1) is 18.9. The van der Waals surface area contributed by atoms with Crippen LogP contribution in [0.3, 0.4) is 0 Å². The van der Waals surface area contributed by atoms with Gasteiger partial charge in [-0.2, -0.15) is 0 Å². The predicted molar refractivity (Wildman–Crippen MR) is 98.6 cm³/mol. The van der Waals surface area contributed by atoms with Crippen molar-refractivity contribution in [1.82, 2.24) is 19.6 Å². The molecular formula is C18H20N4O4S. The average Bonchev–Trinajstić information content (AvgIpc) is 3.30. The topological polar surface area (TPSA) is 106 Å². The quantitative estimate of drug-likeness (QED) is 0.640. The minimum Gasteiger partial charge on any atom is -0.451 e. The van der Waals surface area contributed by atoms with E-state index in [9.17, 15) is 13.2 Å². The zero-order valence-corrected chi connectivity index (χ0v) is 15.8. The van der Waals surface area contributed by atoms with E-state index in [1.54, 1.807) is 6.20 Å². The smallest absolute Gasteiger partial charge is 0.273 e. The molecule has 142 valence electrons. The van der Waals surface area contributed by atoms with Gasteiger partial charge in [-0.15, -0.1) is 0 Å². The van der Waals surface area contributed by atoms with Gasteiger partial charge in [0, 0.05) is 31.5 Å². The van der Waals surface area contributed by atoms with Crippen LogP contribution >= 0.6 is 0 Å². The van der Waals surface area contributed by atoms with Gasteiger partial charge in [0.15, 0.2) is 0 Å². The summed E-state index contributed by atoms with van der Waals surface area (Å²) in [5.41, 5.74) is 2.17. The molecule has 0 spiro atoms. The molecular weight excluding hydrogens is 368 g/mol. The summed E-state index contributed by atoms with van der Waals surface area (Å²) in [7, 11) is -2.44. The van der Waals surface area contributed by atoms with Gasteiger partial charge >= 0.3 is 0 Å². The van der Waals surface area contributed by atoms with Gasteiger partial charge in [0.1, 0.15) is 12.1 Å². The van der Waals surface area contributed by atoms with Gasteiger partial charge in [0.05, 0.1) is 5.56 Å². The lowest BCUT2D eigenvalue weighted by Gasteiger charge is -2.08. The highest BCUT2D eigenvalue weighted by atomic mass is 32.2. The zero-order valence-electron chi connectivity index (χ0n) is 15.0. The number of nitrogens with zero attached hydrogens (tertiary/aromatic N) is 2. The number of benzene rings is 1. The molecule has 0 saturated carbocycles. The van der Waals surface area contributed by atoms with Crippen LogP contribution in [0, 0.1) is 6.92 Å². The lowest BCUT2D eigenvalue weighted by Crippen LogP contribution is -2.22. The van der Waals surface area contributed by atoms with Crippen molar-refractivity contribution in [2.24, 2.45) is 0 Å². The van der Waals surface area contributed by atoms with E-state index in [1.807, 2.05) is 42.0 Å². The molecule has 0 aliphatic rings. The SMILES string of the molecule is CNS(=O)(=O)c1cc(C(=O)NCc2cccc(Cn3ccnc3C)c2)co1. The Labute approximate surface area is 157 Å². The largest absolute Gasteiger partial charge is 0.451 e. The molecule has 1 amide bonds. The van der Waals surface area contributed by atoms with Crippen LogP contribution in [0.25, 0.3) is 0 Å². The monoisotopic (exact) mass is 388 g/mol. The molecule has 0 aliphatic heterocycles. The maximum absolute atomic E-state index is 12.2. The fraction of sp³-hybridized carbons (Fsp3) is 0.222. The van der Waals surface area contributed by atoms with E-state index in [0.717, 1.165) is 23.2 Å². The van der Waals surface area contributed by atoms with Crippen molar-refractivity contribution in [2.75, 3.05) is 7.05 Å². The van der Waals surface area contributed by atoms with Gasteiger partial charge in [0.2, 0.25) is 5.09 Å². The molecule has 0 bridgehead atoms. The highest BCUT2D eigenvalue weighted by Crippen LogP contribution is 2.14. The third kappa shape index (κ3) is 4.44. The second-order valence-electron chi connectivity index (χ2n) is 5.97. The first-order valence-electron chi connectivity index (χ1n) is 8.25. The average molecular weight is 388 g/mol. The van der Waals surface area contributed by atoms with Crippen LogP contribution in [0.5, 0.6) is 0 Å². The van der Waals surface area contributed by atoms with E-state index in [1.165, 1.54) is 13.1 Å². The van der Waals surface area contributed by atoms with Crippen molar-refractivity contribution in [3.63, 3.8) is 0 Å². The lowest BCUT2D eigenvalue weighted by molar-refractivity contribution is 0.0950. The van der Waals surface area contributed by atoms with Crippen molar-refractivity contribution in [3.05, 3.63) is 71.5 Å². The van der Waals surface area contributed by atoms with Crippen LogP contribution in [-0.2, 0) is 23.1 Å². The van der Waals surface area contributed by atoms with Crippen molar-refractivity contribution in [3.8, 4) is 0 Å². The molecule has 0 aliphatic carbocycles. The van der Waals surface area contributed by atoms with Crippen LogP contribution in [-0.4, -0.2) is 30.9 Å². The van der Waals surface area contributed by atoms with Gasteiger partial charge < -0.3 is 14.3 Å². The molecule has 2 aromatic heterocycles. The number of aromatic nitrogens is 2. The van der Waals surface area contributed by atoms with Crippen molar-refractivity contribution in [2.45, 2.75) is 25.1 Å². The number of amides is 1. The first-order valence-corrected chi connectivity index (χ1v) is 9.73. The van der Waals surface area contributed by atoms with Crippen LogP contribution in [0.15, 0.2) is 58.5 Å². The first-order chi connectivity index (χ1) is 12.9. The Morgan fingerprint density at radius 3 is 2.74 bits per heavy atom. The highest BCUT2D eigenvalue weighted by molar-refractivity contribution is 7.89. The van der Waals surface area contributed by atoms with Gasteiger partial charge in [0.25, 0.3) is 15.9 Å². The summed E-state index contributed by atoms with van der Waals surface area (Å²) in [6, 6.07) is 9.05. The van der Waals surface area contributed by atoms with Gasteiger partial charge in [-0.1, -0.05) is 24.3 Å². The van der Waals surface area contributed by atoms with E-state index >= 15 is 0 Å². The van der Waals surface area contributed by atoms with Crippen molar-refractivity contribution in [1.29, 1.82) is 0 Å². The molecule has 3 aromatic rings. The normalized spacial score (nSPS) is 11.5. The van der Waals surface area contributed by atoms with E-state index in [2.05, 4.69) is 15.0 Å². The molecule has 27 heavy (non-hydrogen) atoms. The number of carbonyl (C=O) groups excluding carboxylic acids is 1. The van der Waals surface area contributed by atoms with Gasteiger partial charge in [-0.25, -0.2) is 18.1 Å². The van der Waals surface area contributed by atoms with Crippen LogP contribution in [0.1, 0.15) is 27.3 Å². The summed E-state index contributed by atoms with van der Waals surface area (Å²) < 4.78 is 32.5. The number of nitrogens with one attached hydrogen (secondary N) is 2. The zero-order chi connectivity index (χ0) is 19.4. The second kappa shape index (κ2) is 7.77. The van der Waals surface area contributed by atoms with E-state index in [0.29, 0.717) is 13.1 Å². The molecule has 2 heterocycles. The van der Waals surface area contributed by atoms with Gasteiger partial charge in [-0.05, 0) is 25.1 Å². The number of hydrogen-bond donors (Lipinski definition) is 2. The summed E-state index contributed by atoms with van der Waals surface area (Å²) in [5, 5.41) is 2.46. The molecule has 8 nitrogen and oxygen atoms in total. The standard InChI is InChI=1S/C18H20N4O4S/c1-13-20-6-7-22(13)11-15-5-3-4-14(8-15)10-21-18(23)16-9-17(26-12-16)27(24,25)19-2/h3-9,12,19H,10-11H2,1-2H3,(H,21,23). The minimum absolute atomic E-state index is 0.147. The Balaban J connectivity index is 1.64. The number of furan rings is 1. The fourth-order valence-electron chi connectivity index (χ4n) is 2.57. The summed E-state index contributed by atoms with van der Waals surface area (Å²) >= 11 is 0. The predicted octanol–water partition coefficient (Wildman–Crippen LogP) is 1.67. The Hall–Kier alpha value is -2.91. The number of aryl methyl sites for hydroxylation is 1. The Kier molecular flexibility index (Phi) is 5.43. The molecule has 0 atom stereocenters. The maximum Gasteiger partial charge on any atom is 0.273 e. The number of imidazole rings is 1. The third-order valence-corrected chi connectivity index (χ3v) is 5.37. The van der Waals surface area contributed by atoms with Crippen molar-refractivity contribution >= 4 is 15.9 Å². The molecule has 0 radical (unpaired) electrons. The summed E-state index contributed by atoms with van der Waals surface area (Å²) in [6.45, 7) is 2.95. The van der Waals surface area contributed by atoms with Gasteiger partial charge in [-0.3, -0.25) is 4.79 Å². The van der Waals surface area contributed by atoms with Crippen LogP contribution in [0.2, 0.25) is 0 Å². The van der Waals surface area contributed by atoms with Crippen LogP contribution in [0.4, 0.5) is 0 Å². The molecule has 1 aromatic carbocycles. The fourth-order valence-corrected chi connectivity index (χ4v) is 3.23. The summed E-state index contributed by atoms with van der Waals surface area (Å²) in [4.78, 5) is 16.4. The Morgan fingerprint density at radius 1 is 1.26 bits per heavy atom. The van der Waals surface area contributed by atoms with E-state index < -0.39 is 15.9 Å². The lowest BCUT2D eigenvalue weighted by atomic mass is 10.1. The molecule has 0 unspecified atom stereocenters. The molecule has 0 fully saturated rings. The number of carbonyl (C=O) groups is 1. The summed E-state index contributed by atoms with van der Waals surface area (Å²) in [5.74, 6) is 0.521. The molecule has 2 N–H and O–H groups in total. The molecule has 3 rings (SSSR count). The second-order valence-corrected chi connectivity index (χ2v) is 7.78. The highest BCUT2D eigenvalue weighted by Gasteiger charge is 2.19. The van der Waals surface area contributed by atoms with Crippen LogP contribution < -0.4 is 10.0 Å². The molecule has 9 heteroatoms. The summed E-state index contributed by atoms with van der Waals surface area (Å²) in [6.07, 6.45) is 4.80. The van der Waals surface area contributed by atoms with Crippen molar-refractivity contribution < 1.29 is 17.6 Å².